The smallest absolute Gasteiger partial charge is 0.191 e. The number of aryl methyl sites for hydroxylation is 1. The molecule has 6 nitrogen and oxygen atoms in total. The molecule has 1 aliphatic carbocycles. The van der Waals surface area contributed by atoms with E-state index in [1.165, 1.54) is 31.2 Å². The Hall–Kier alpha value is -2.02. The molecule has 0 unspecified atom stereocenters. The van der Waals surface area contributed by atoms with Crippen LogP contribution in [0, 0.1) is 0 Å². The highest BCUT2D eigenvalue weighted by molar-refractivity contribution is 7.98. The zero-order chi connectivity index (χ0) is 18.9. The molecule has 2 N–H and O–H groups in total. The van der Waals surface area contributed by atoms with E-state index in [0.717, 1.165) is 42.9 Å². The first-order valence-electron chi connectivity index (χ1n) is 9.78. The van der Waals surface area contributed by atoms with E-state index in [-0.39, 0.29) is 0 Å². The lowest BCUT2D eigenvalue weighted by Gasteiger charge is -2.16. The van der Waals surface area contributed by atoms with Crippen LogP contribution < -0.4 is 10.6 Å². The zero-order valence-corrected chi connectivity index (χ0v) is 17.1. The Balaban J connectivity index is 1.46. The van der Waals surface area contributed by atoms with Crippen molar-refractivity contribution in [3.05, 3.63) is 41.7 Å². The lowest BCUT2D eigenvalue weighted by molar-refractivity contribution is 0.460. The molecule has 1 aromatic heterocycles. The van der Waals surface area contributed by atoms with Crippen molar-refractivity contribution in [2.24, 2.45) is 4.99 Å². The van der Waals surface area contributed by atoms with Gasteiger partial charge in [0.05, 0.1) is 0 Å². The monoisotopic (exact) mass is 386 g/mol. The first kappa shape index (κ1) is 19.7. The first-order chi connectivity index (χ1) is 13.3. The van der Waals surface area contributed by atoms with Crippen molar-refractivity contribution in [3.8, 4) is 0 Å². The summed E-state index contributed by atoms with van der Waals surface area (Å²) in [5.74, 6) is 1.96. The predicted molar refractivity (Wildman–Crippen MR) is 112 cm³/mol. The highest BCUT2D eigenvalue weighted by atomic mass is 32.2. The molecule has 1 aromatic carbocycles. The SMILES string of the molecule is CN=C(NCCCc1nnc(SC)n1C1CCCC1)NCc1ccccc1. The van der Waals surface area contributed by atoms with Crippen LogP contribution in [0.1, 0.15) is 49.5 Å². The second kappa shape index (κ2) is 10.3. The van der Waals surface area contributed by atoms with E-state index in [4.69, 9.17) is 0 Å². The summed E-state index contributed by atoms with van der Waals surface area (Å²) in [6.45, 7) is 1.63. The topological polar surface area (TPSA) is 67.1 Å². The van der Waals surface area contributed by atoms with Gasteiger partial charge in [-0.25, -0.2) is 0 Å². The molecule has 146 valence electrons. The number of hydrogen-bond donors (Lipinski definition) is 2. The van der Waals surface area contributed by atoms with Gasteiger partial charge in [-0.1, -0.05) is 54.9 Å². The third kappa shape index (κ3) is 5.48. The van der Waals surface area contributed by atoms with Crippen LogP contribution in [-0.4, -0.2) is 40.6 Å². The van der Waals surface area contributed by atoms with Crippen molar-refractivity contribution in [3.63, 3.8) is 0 Å². The number of guanidine groups is 1. The van der Waals surface area contributed by atoms with Gasteiger partial charge in [0.15, 0.2) is 11.1 Å². The fourth-order valence-corrected chi connectivity index (χ4v) is 4.18. The number of nitrogens with zero attached hydrogens (tertiary/aromatic N) is 4. The van der Waals surface area contributed by atoms with E-state index >= 15 is 0 Å². The molecule has 0 bridgehead atoms. The molecule has 1 aliphatic rings. The average molecular weight is 387 g/mol. The number of nitrogens with one attached hydrogen (secondary N) is 2. The maximum Gasteiger partial charge on any atom is 0.191 e. The van der Waals surface area contributed by atoms with Gasteiger partial charge >= 0.3 is 0 Å². The van der Waals surface area contributed by atoms with E-state index in [2.05, 4.69) is 60.9 Å². The van der Waals surface area contributed by atoms with Crippen molar-refractivity contribution in [1.82, 2.24) is 25.4 Å². The predicted octanol–water partition coefficient (Wildman–Crippen LogP) is 3.41. The van der Waals surface area contributed by atoms with E-state index in [1.54, 1.807) is 11.8 Å². The number of aliphatic imine (C=N–C) groups is 1. The minimum absolute atomic E-state index is 0.589. The molecule has 3 rings (SSSR count). The van der Waals surface area contributed by atoms with Crippen molar-refractivity contribution < 1.29 is 0 Å². The first-order valence-corrected chi connectivity index (χ1v) is 11.0. The Morgan fingerprint density at radius 2 is 1.96 bits per heavy atom. The third-order valence-electron chi connectivity index (χ3n) is 5.00. The highest BCUT2D eigenvalue weighted by Gasteiger charge is 2.23. The van der Waals surface area contributed by atoms with Gasteiger partial charge in [0.2, 0.25) is 0 Å². The van der Waals surface area contributed by atoms with Crippen LogP contribution in [0.5, 0.6) is 0 Å². The van der Waals surface area contributed by atoms with Gasteiger partial charge in [0.1, 0.15) is 5.82 Å². The quantitative estimate of drug-likeness (QED) is 0.315. The van der Waals surface area contributed by atoms with Crippen LogP contribution in [0.2, 0.25) is 0 Å². The summed E-state index contributed by atoms with van der Waals surface area (Å²) in [6, 6.07) is 10.9. The lowest BCUT2D eigenvalue weighted by Crippen LogP contribution is -2.37. The summed E-state index contributed by atoms with van der Waals surface area (Å²) in [4.78, 5) is 4.30. The Morgan fingerprint density at radius 3 is 2.67 bits per heavy atom. The molecule has 1 saturated carbocycles. The molecule has 7 heteroatoms. The second-order valence-electron chi connectivity index (χ2n) is 6.85. The van der Waals surface area contributed by atoms with Crippen molar-refractivity contribution in [2.75, 3.05) is 19.8 Å². The Labute approximate surface area is 166 Å². The van der Waals surface area contributed by atoms with Crippen LogP contribution >= 0.6 is 11.8 Å². The fourth-order valence-electron chi connectivity index (χ4n) is 3.60. The standard InChI is InChI=1S/C20H30N6S/c1-21-19(23-15-16-9-4-3-5-10-16)22-14-8-13-18-24-25-20(27-2)26(18)17-11-6-7-12-17/h3-5,9-10,17H,6-8,11-15H2,1-2H3,(H2,21,22,23). The molecule has 0 aliphatic heterocycles. The molecule has 0 spiro atoms. The van der Waals surface area contributed by atoms with Gasteiger partial charge in [-0.3, -0.25) is 4.99 Å². The van der Waals surface area contributed by atoms with Crippen LogP contribution in [-0.2, 0) is 13.0 Å². The second-order valence-corrected chi connectivity index (χ2v) is 7.63. The van der Waals surface area contributed by atoms with Crippen LogP contribution in [0.3, 0.4) is 0 Å². The molecule has 1 fully saturated rings. The van der Waals surface area contributed by atoms with Gasteiger partial charge < -0.3 is 15.2 Å². The van der Waals surface area contributed by atoms with Crippen LogP contribution in [0.25, 0.3) is 0 Å². The third-order valence-corrected chi connectivity index (χ3v) is 5.65. The Kier molecular flexibility index (Phi) is 7.56. The van der Waals surface area contributed by atoms with Gasteiger partial charge in [-0.05, 0) is 31.1 Å². The molecule has 2 aromatic rings. The molecule has 0 saturated heterocycles. The molecule has 0 amide bonds. The normalized spacial score (nSPS) is 15.3. The summed E-state index contributed by atoms with van der Waals surface area (Å²) in [7, 11) is 1.81. The molecule has 27 heavy (non-hydrogen) atoms. The number of rotatable bonds is 8. The van der Waals surface area contributed by atoms with Gasteiger partial charge in [-0.2, -0.15) is 0 Å². The summed E-state index contributed by atoms with van der Waals surface area (Å²) in [5, 5.41) is 16.7. The lowest BCUT2D eigenvalue weighted by atomic mass is 10.2. The highest BCUT2D eigenvalue weighted by Crippen LogP contribution is 2.33. The summed E-state index contributed by atoms with van der Waals surface area (Å²) < 4.78 is 2.39. The van der Waals surface area contributed by atoms with Crippen LogP contribution in [0.4, 0.5) is 0 Å². The maximum atomic E-state index is 4.46. The number of thioether (sulfide) groups is 1. The minimum Gasteiger partial charge on any atom is -0.356 e. The molecular weight excluding hydrogens is 356 g/mol. The number of benzene rings is 1. The largest absolute Gasteiger partial charge is 0.356 e. The van der Waals surface area contributed by atoms with Crippen molar-refractivity contribution in [2.45, 2.75) is 56.3 Å². The van der Waals surface area contributed by atoms with E-state index < -0.39 is 0 Å². The van der Waals surface area contributed by atoms with Gasteiger partial charge in [0.25, 0.3) is 0 Å². The molecule has 0 atom stereocenters. The Morgan fingerprint density at radius 1 is 1.19 bits per heavy atom. The zero-order valence-electron chi connectivity index (χ0n) is 16.3. The Bertz CT molecular complexity index is 721. The van der Waals surface area contributed by atoms with E-state index in [0.29, 0.717) is 6.04 Å². The molecule has 1 heterocycles. The molecular formula is C20H30N6S. The summed E-state index contributed by atoms with van der Waals surface area (Å²) in [5.41, 5.74) is 1.25. The van der Waals surface area contributed by atoms with Gasteiger partial charge in [0, 0.05) is 32.6 Å². The van der Waals surface area contributed by atoms with Gasteiger partial charge in [-0.15, -0.1) is 10.2 Å². The number of aromatic nitrogens is 3. The average Bonchev–Trinajstić information content (AvgIpc) is 3.37. The van der Waals surface area contributed by atoms with Crippen molar-refractivity contribution in [1.29, 1.82) is 0 Å². The fraction of sp³-hybridized carbons (Fsp3) is 0.550. The van der Waals surface area contributed by atoms with Crippen LogP contribution in [0.15, 0.2) is 40.5 Å². The summed E-state index contributed by atoms with van der Waals surface area (Å²) in [6.07, 6.45) is 9.18. The van der Waals surface area contributed by atoms with E-state index in [1.807, 2.05) is 13.1 Å². The minimum atomic E-state index is 0.589. The maximum absolute atomic E-state index is 4.46. The van der Waals surface area contributed by atoms with E-state index in [9.17, 15) is 0 Å². The number of hydrogen-bond acceptors (Lipinski definition) is 4. The van der Waals surface area contributed by atoms with Crippen molar-refractivity contribution >= 4 is 17.7 Å². The summed E-state index contributed by atoms with van der Waals surface area (Å²) >= 11 is 1.70. The molecule has 0 radical (unpaired) electrons.